The Labute approximate surface area is 146 Å². The molecule has 4 nitrogen and oxygen atoms in total. The first kappa shape index (κ1) is 15.3. The van der Waals surface area contributed by atoms with Gasteiger partial charge < -0.3 is 4.74 Å². The molecule has 25 heavy (non-hydrogen) atoms. The summed E-state index contributed by atoms with van der Waals surface area (Å²) < 4.78 is 6.19. The Balaban J connectivity index is 1.88. The van der Waals surface area contributed by atoms with Gasteiger partial charge in [0.15, 0.2) is 5.82 Å². The number of benzene rings is 2. The first-order valence-electron chi connectivity index (χ1n) is 8.13. The second-order valence-electron chi connectivity index (χ2n) is 5.98. The zero-order valence-corrected chi connectivity index (χ0v) is 14.1. The Hall–Kier alpha value is -3.27. The average Bonchev–Trinajstić information content (AvgIpc) is 2.65. The number of aromatic nitrogens is 3. The Morgan fingerprint density at radius 3 is 2.60 bits per heavy atom. The third-order valence-electron chi connectivity index (χ3n) is 4.04. The molecular formula is C21H17N3O. The van der Waals surface area contributed by atoms with Crippen LogP contribution >= 0.6 is 0 Å². The summed E-state index contributed by atoms with van der Waals surface area (Å²) in [4.78, 5) is 13.5. The Morgan fingerprint density at radius 2 is 1.76 bits per heavy atom. The molecule has 0 N–H and O–H groups in total. The van der Waals surface area contributed by atoms with E-state index in [9.17, 15) is 0 Å². The van der Waals surface area contributed by atoms with Crippen molar-refractivity contribution in [2.24, 2.45) is 0 Å². The van der Waals surface area contributed by atoms with E-state index < -0.39 is 0 Å². The highest BCUT2D eigenvalue weighted by Gasteiger charge is 2.12. The van der Waals surface area contributed by atoms with E-state index in [0.29, 0.717) is 11.7 Å². The van der Waals surface area contributed by atoms with Crippen LogP contribution in [0.25, 0.3) is 22.3 Å². The van der Waals surface area contributed by atoms with E-state index in [0.717, 1.165) is 33.3 Å². The third kappa shape index (κ3) is 3.06. The third-order valence-corrected chi connectivity index (χ3v) is 4.04. The maximum absolute atomic E-state index is 6.19. The number of ether oxygens (including phenoxy) is 1. The number of hydrogen-bond donors (Lipinski definition) is 0. The summed E-state index contributed by atoms with van der Waals surface area (Å²) in [6.45, 7) is 4.08. The Bertz CT molecular complexity index is 1050. The molecule has 0 aliphatic heterocycles. The second-order valence-corrected chi connectivity index (χ2v) is 5.98. The average molecular weight is 327 g/mol. The van der Waals surface area contributed by atoms with Crippen LogP contribution in [0.2, 0.25) is 0 Å². The lowest BCUT2D eigenvalue weighted by atomic mass is 10.1. The molecule has 4 heteroatoms. The van der Waals surface area contributed by atoms with Crippen molar-refractivity contribution in [2.75, 3.05) is 0 Å². The van der Waals surface area contributed by atoms with Gasteiger partial charge in [0.05, 0.1) is 10.9 Å². The van der Waals surface area contributed by atoms with Crippen molar-refractivity contribution in [3.05, 3.63) is 78.1 Å². The van der Waals surface area contributed by atoms with Crippen molar-refractivity contribution in [1.82, 2.24) is 15.0 Å². The van der Waals surface area contributed by atoms with Crippen molar-refractivity contribution >= 4 is 10.9 Å². The first-order chi connectivity index (χ1) is 12.2. The summed E-state index contributed by atoms with van der Waals surface area (Å²) in [6.07, 6.45) is 3.49. The number of fused-ring (bicyclic) bond motifs is 1. The van der Waals surface area contributed by atoms with Crippen LogP contribution in [0.4, 0.5) is 0 Å². The van der Waals surface area contributed by atoms with Crippen LogP contribution in [-0.2, 0) is 0 Å². The van der Waals surface area contributed by atoms with E-state index in [4.69, 9.17) is 4.74 Å². The van der Waals surface area contributed by atoms with E-state index in [1.165, 1.54) is 0 Å². The molecule has 122 valence electrons. The summed E-state index contributed by atoms with van der Waals surface area (Å²) in [5, 5.41) is 0.885. The minimum Gasteiger partial charge on any atom is -0.438 e. The number of para-hydroxylation sites is 1. The number of rotatable bonds is 3. The van der Waals surface area contributed by atoms with E-state index in [1.807, 2.05) is 56.3 Å². The molecule has 0 saturated heterocycles. The van der Waals surface area contributed by atoms with Crippen molar-refractivity contribution in [1.29, 1.82) is 0 Å². The van der Waals surface area contributed by atoms with Crippen LogP contribution in [0.15, 0.2) is 67.0 Å². The molecule has 0 bridgehead atoms. The Kier molecular flexibility index (Phi) is 3.86. The van der Waals surface area contributed by atoms with Crippen LogP contribution in [-0.4, -0.2) is 15.0 Å². The van der Waals surface area contributed by atoms with Crippen molar-refractivity contribution in [3.8, 4) is 23.0 Å². The van der Waals surface area contributed by atoms with Gasteiger partial charge in [0.2, 0.25) is 5.88 Å². The SMILES string of the molecule is Cc1ccc(C)c(Oc2nc(-c3cccnc3)nc3ccccc23)c1. The summed E-state index contributed by atoms with van der Waals surface area (Å²) in [5.74, 6) is 1.96. The highest BCUT2D eigenvalue weighted by atomic mass is 16.5. The van der Waals surface area contributed by atoms with E-state index in [2.05, 4.69) is 27.1 Å². The van der Waals surface area contributed by atoms with Crippen LogP contribution in [0.5, 0.6) is 11.6 Å². The molecule has 2 aromatic heterocycles. The number of aryl methyl sites for hydroxylation is 2. The van der Waals surface area contributed by atoms with Crippen molar-refractivity contribution in [2.45, 2.75) is 13.8 Å². The fourth-order valence-electron chi connectivity index (χ4n) is 2.67. The summed E-state index contributed by atoms with van der Waals surface area (Å²) >= 11 is 0. The molecule has 0 atom stereocenters. The van der Waals surface area contributed by atoms with Gasteiger partial charge in [-0.25, -0.2) is 4.98 Å². The normalized spacial score (nSPS) is 10.8. The van der Waals surface area contributed by atoms with Crippen LogP contribution in [0.1, 0.15) is 11.1 Å². The van der Waals surface area contributed by atoms with Crippen molar-refractivity contribution < 1.29 is 4.74 Å². The van der Waals surface area contributed by atoms with Crippen LogP contribution in [0, 0.1) is 13.8 Å². The molecular weight excluding hydrogens is 310 g/mol. The standard InChI is InChI=1S/C21H17N3O/c1-14-9-10-15(2)19(12-14)25-21-17-7-3-4-8-18(17)23-20(24-21)16-6-5-11-22-13-16/h3-13H,1-2H3. The fraction of sp³-hybridized carbons (Fsp3) is 0.0952. The van der Waals surface area contributed by atoms with Gasteiger partial charge in [-0.05, 0) is 55.3 Å². The van der Waals surface area contributed by atoms with Gasteiger partial charge in [-0.15, -0.1) is 0 Å². The molecule has 4 rings (SSSR count). The lowest BCUT2D eigenvalue weighted by Crippen LogP contribution is -1.97. The zero-order valence-electron chi connectivity index (χ0n) is 14.1. The molecule has 0 aliphatic rings. The number of pyridine rings is 1. The van der Waals surface area contributed by atoms with Crippen molar-refractivity contribution in [3.63, 3.8) is 0 Å². The van der Waals surface area contributed by atoms with Crippen LogP contribution in [0.3, 0.4) is 0 Å². The van der Waals surface area contributed by atoms with Gasteiger partial charge in [0.25, 0.3) is 0 Å². The minimum atomic E-state index is 0.554. The van der Waals surface area contributed by atoms with Gasteiger partial charge in [-0.2, -0.15) is 4.98 Å². The summed E-state index contributed by atoms with van der Waals surface area (Å²) in [5.41, 5.74) is 3.92. The van der Waals surface area contributed by atoms with Gasteiger partial charge >= 0.3 is 0 Å². The van der Waals surface area contributed by atoms with Gasteiger partial charge in [-0.3, -0.25) is 4.98 Å². The number of nitrogens with zero attached hydrogens (tertiary/aromatic N) is 3. The topological polar surface area (TPSA) is 47.9 Å². The molecule has 0 saturated carbocycles. The summed E-state index contributed by atoms with van der Waals surface area (Å²) in [7, 11) is 0. The Morgan fingerprint density at radius 1 is 0.880 bits per heavy atom. The molecule has 0 fully saturated rings. The quantitative estimate of drug-likeness (QED) is 0.525. The molecule has 0 radical (unpaired) electrons. The van der Waals surface area contributed by atoms with Gasteiger partial charge in [0.1, 0.15) is 5.75 Å². The highest BCUT2D eigenvalue weighted by molar-refractivity contribution is 5.85. The van der Waals surface area contributed by atoms with Gasteiger partial charge in [0, 0.05) is 18.0 Å². The van der Waals surface area contributed by atoms with Gasteiger partial charge in [-0.1, -0.05) is 24.3 Å². The highest BCUT2D eigenvalue weighted by Crippen LogP contribution is 2.31. The maximum atomic E-state index is 6.19. The lowest BCUT2D eigenvalue weighted by molar-refractivity contribution is 0.465. The monoisotopic (exact) mass is 327 g/mol. The zero-order chi connectivity index (χ0) is 17.2. The molecule has 2 aromatic carbocycles. The molecule has 0 spiro atoms. The first-order valence-corrected chi connectivity index (χ1v) is 8.13. The van der Waals surface area contributed by atoms with E-state index >= 15 is 0 Å². The van der Waals surface area contributed by atoms with Crippen LogP contribution < -0.4 is 4.74 Å². The fourth-order valence-corrected chi connectivity index (χ4v) is 2.67. The molecule has 4 aromatic rings. The second kappa shape index (κ2) is 6.32. The molecule has 2 heterocycles. The predicted molar refractivity (Wildman–Crippen MR) is 98.8 cm³/mol. The smallest absolute Gasteiger partial charge is 0.230 e. The lowest BCUT2D eigenvalue weighted by Gasteiger charge is -2.12. The predicted octanol–water partition coefficient (Wildman–Crippen LogP) is 5.10. The maximum Gasteiger partial charge on any atom is 0.230 e. The largest absolute Gasteiger partial charge is 0.438 e. The summed E-state index contributed by atoms with van der Waals surface area (Å²) in [6, 6.07) is 17.8. The molecule has 0 amide bonds. The molecule has 0 aliphatic carbocycles. The molecule has 0 unspecified atom stereocenters. The number of hydrogen-bond acceptors (Lipinski definition) is 4. The minimum absolute atomic E-state index is 0.554. The van der Waals surface area contributed by atoms with E-state index in [-0.39, 0.29) is 0 Å². The van der Waals surface area contributed by atoms with E-state index in [1.54, 1.807) is 12.4 Å².